The van der Waals surface area contributed by atoms with Crippen molar-refractivity contribution in [1.29, 1.82) is 0 Å². The van der Waals surface area contributed by atoms with Crippen LogP contribution < -0.4 is 20.1 Å². The minimum atomic E-state index is -4.65. The molecule has 0 unspecified atom stereocenters. The lowest BCUT2D eigenvalue weighted by Crippen LogP contribution is -2.10. The molecule has 0 aromatic heterocycles. The summed E-state index contributed by atoms with van der Waals surface area (Å²) >= 11 is 0. The van der Waals surface area contributed by atoms with Gasteiger partial charge in [0.15, 0.2) is 0 Å². The van der Waals surface area contributed by atoms with E-state index in [1.54, 1.807) is 0 Å². The minimum absolute atomic E-state index is 0.00380. The molecule has 4 aliphatic rings. The molecule has 0 saturated carbocycles. The fourth-order valence-corrected chi connectivity index (χ4v) is 6.24. The molecule has 0 atom stereocenters. The highest BCUT2D eigenvalue weighted by atomic mass is 32.2. The van der Waals surface area contributed by atoms with Crippen molar-refractivity contribution >= 4 is 77.7 Å². The lowest BCUT2D eigenvalue weighted by atomic mass is 9.92. The number of fused-ring (bicyclic) bond motifs is 4. The highest BCUT2D eigenvalue weighted by Gasteiger charge is 2.42. The van der Waals surface area contributed by atoms with Crippen LogP contribution in [0.3, 0.4) is 0 Å². The average Bonchev–Trinajstić information content (AvgIpc) is 3.58. The Labute approximate surface area is 234 Å². The quantitative estimate of drug-likeness (QED) is 0.141. The van der Waals surface area contributed by atoms with Crippen LogP contribution in [-0.4, -0.2) is 49.7 Å². The van der Waals surface area contributed by atoms with Crippen molar-refractivity contribution in [3.63, 3.8) is 0 Å². The summed E-state index contributed by atoms with van der Waals surface area (Å²) < 4.78 is 76.4. The third-order valence-corrected chi connectivity index (χ3v) is 8.70. The maximum Gasteiger partial charge on any atom is 0.345 e. The summed E-state index contributed by atoms with van der Waals surface area (Å²) in [6.07, 6.45) is 0. The summed E-state index contributed by atoms with van der Waals surface area (Å²) in [5, 5.41) is 5.02. The van der Waals surface area contributed by atoms with Crippen molar-refractivity contribution in [2.24, 2.45) is 0 Å². The highest BCUT2D eigenvalue weighted by molar-refractivity contribution is 7.86. The zero-order valence-corrected chi connectivity index (χ0v) is 22.0. The Bertz CT molecular complexity index is 2060. The molecular weight excluding hydrogens is 596 g/mol. The first-order valence-electron chi connectivity index (χ1n) is 11.7. The molecule has 14 nitrogen and oxygen atoms in total. The first-order chi connectivity index (χ1) is 19.7. The van der Waals surface area contributed by atoms with Crippen molar-refractivity contribution in [3.05, 3.63) is 70.8 Å². The van der Waals surface area contributed by atoms with Gasteiger partial charge in [0.1, 0.15) is 11.5 Å². The van der Waals surface area contributed by atoms with E-state index < -0.39 is 53.8 Å². The Morgan fingerprint density at radius 1 is 0.524 bits per heavy atom. The Hall–Kier alpha value is -5.16. The van der Waals surface area contributed by atoms with Gasteiger partial charge < -0.3 is 20.1 Å². The van der Waals surface area contributed by atoms with Gasteiger partial charge in [0.2, 0.25) is 0 Å². The van der Waals surface area contributed by atoms with E-state index in [-0.39, 0.29) is 67.4 Å². The van der Waals surface area contributed by atoms with Crippen LogP contribution in [0.15, 0.2) is 58.3 Å². The summed E-state index contributed by atoms with van der Waals surface area (Å²) in [5.74, 6) is -3.71. The Morgan fingerprint density at radius 2 is 0.905 bits per heavy atom. The topological polar surface area (TPSA) is 220 Å². The summed E-state index contributed by atoms with van der Waals surface area (Å²) in [6.45, 7) is 0. The van der Waals surface area contributed by atoms with Crippen molar-refractivity contribution in [2.45, 2.75) is 9.79 Å². The van der Waals surface area contributed by atoms with Gasteiger partial charge in [-0.1, -0.05) is 0 Å². The smallest absolute Gasteiger partial charge is 0.345 e. The van der Waals surface area contributed by atoms with Crippen molar-refractivity contribution < 1.29 is 54.6 Å². The molecule has 0 spiro atoms. The third kappa shape index (κ3) is 3.63. The van der Waals surface area contributed by atoms with Crippen LogP contribution in [0.25, 0.3) is 22.3 Å². The number of amides is 2. The first kappa shape index (κ1) is 25.8. The monoisotopic (exact) mass is 608 g/mol. The minimum Gasteiger partial charge on any atom is -0.422 e. The van der Waals surface area contributed by atoms with Crippen LogP contribution >= 0.6 is 0 Å². The number of hydrogen-bond acceptors (Lipinski definition) is 10. The van der Waals surface area contributed by atoms with E-state index in [0.29, 0.717) is 0 Å². The molecule has 3 aromatic carbocycles. The highest BCUT2D eigenvalue weighted by Crippen LogP contribution is 2.50. The lowest BCUT2D eigenvalue weighted by molar-refractivity contribution is -0.127. The van der Waals surface area contributed by atoms with Crippen LogP contribution in [0.2, 0.25) is 0 Å². The van der Waals surface area contributed by atoms with E-state index >= 15 is 0 Å². The molecule has 210 valence electrons. The van der Waals surface area contributed by atoms with Crippen molar-refractivity contribution in [1.82, 2.24) is 0 Å². The van der Waals surface area contributed by atoms with Crippen LogP contribution in [-0.2, 0) is 39.4 Å². The molecule has 3 aromatic rings. The standard InChI is InChI=1S/C26H12N2O12S2/c29-23-19(11-5-9(41(33,34)35)1-3-15(11)27-23)21-13-7-18-14(8-17(13)39-25(21)31)22(26(32)40-18)20-12-6-10(42(36,37)38)2-4-16(12)28-24(20)30/h1-8H,(H,27,29)(H,28,30)(H,33,34,35)(H,36,37,38)/b21-19+,22-20+. The molecule has 0 bridgehead atoms. The van der Waals surface area contributed by atoms with Crippen LogP contribution in [0.1, 0.15) is 22.3 Å². The average molecular weight is 609 g/mol. The number of hydrogen-bond donors (Lipinski definition) is 4. The third-order valence-electron chi connectivity index (χ3n) is 7.00. The van der Waals surface area contributed by atoms with Crippen molar-refractivity contribution in [2.75, 3.05) is 10.6 Å². The van der Waals surface area contributed by atoms with Gasteiger partial charge in [-0.05, 0) is 48.5 Å². The fourth-order valence-electron chi connectivity index (χ4n) is 5.22. The zero-order chi connectivity index (χ0) is 29.9. The van der Waals surface area contributed by atoms with Crippen LogP contribution in [0, 0.1) is 0 Å². The largest absolute Gasteiger partial charge is 0.422 e. The van der Waals surface area contributed by atoms with Gasteiger partial charge in [0.25, 0.3) is 32.1 Å². The number of carbonyl (C=O) groups excluding carboxylic acids is 4. The predicted molar refractivity (Wildman–Crippen MR) is 141 cm³/mol. The summed E-state index contributed by atoms with van der Waals surface area (Å²) in [7, 11) is -9.30. The molecule has 16 heteroatoms. The van der Waals surface area contributed by atoms with Gasteiger partial charge >= 0.3 is 11.9 Å². The fraction of sp³-hybridized carbons (Fsp3) is 0. The number of carbonyl (C=O) groups is 4. The van der Waals surface area contributed by atoms with Gasteiger partial charge in [0.05, 0.1) is 32.1 Å². The molecule has 4 heterocycles. The van der Waals surface area contributed by atoms with Gasteiger partial charge in [-0.2, -0.15) is 16.8 Å². The molecule has 0 radical (unpaired) electrons. The van der Waals surface area contributed by atoms with Gasteiger partial charge in [-0.3, -0.25) is 18.7 Å². The second-order valence-corrected chi connectivity index (χ2v) is 12.2. The number of esters is 2. The molecular formula is C26H12N2O12S2. The predicted octanol–water partition coefficient (Wildman–Crippen LogP) is 1.74. The number of rotatable bonds is 2. The Morgan fingerprint density at radius 3 is 1.26 bits per heavy atom. The lowest BCUT2D eigenvalue weighted by Gasteiger charge is -2.06. The van der Waals surface area contributed by atoms with Crippen molar-refractivity contribution in [3.8, 4) is 11.5 Å². The summed E-state index contributed by atoms with van der Waals surface area (Å²) in [6, 6.07) is 9.14. The molecule has 0 aliphatic carbocycles. The van der Waals surface area contributed by atoms with Crippen LogP contribution in [0.5, 0.6) is 11.5 Å². The molecule has 0 saturated heterocycles. The van der Waals surface area contributed by atoms with E-state index in [9.17, 15) is 45.1 Å². The second-order valence-electron chi connectivity index (χ2n) is 9.40. The molecule has 4 aliphatic heterocycles. The molecule has 42 heavy (non-hydrogen) atoms. The zero-order valence-electron chi connectivity index (χ0n) is 20.4. The van der Waals surface area contributed by atoms with Gasteiger partial charge in [-0.25, -0.2) is 9.59 Å². The second kappa shape index (κ2) is 8.20. The maximum atomic E-state index is 13.0. The molecule has 0 fully saturated rings. The van der Waals surface area contributed by atoms with E-state index in [1.807, 2.05) is 0 Å². The van der Waals surface area contributed by atoms with Gasteiger partial charge in [0, 0.05) is 33.6 Å². The van der Waals surface area contributed by atoms with E-state index in [4.69, 9.17) is 9.47 Å². The number of ether oxygens (including phenoxy) is 2. The van der Waals surface area contributed by atoms with E-state index in [1.165, 1.54) is 24.3 Å². The summed E-state index contributed by atoms with van der Waals surface area (Å²) in [4.78, 5) is 50.9. The maximum absolute atomic E-state index is 13.0. The first-order valence-corrected chi connectivity index (χ1v) is 14.6. The molecule has 2 amide bonds. The van der Waals surface area contributed by atoms with E-state index in [2.05, 4.69) is 10.6 Å². The molecule has 4 N–H and O–H groups in total. The van der Waals surface area contributed by atoms with E-state index in [0.717, 1.165) is 24.3 Å². The Balaban J connectivity index is 1.42. The normalized spacial score (nSPS) is 20.4. The number of anilines is 2. The summed E-state index contributed by atoms with van der Waals surface area (Å²) in [5.41, 5.74) is -0.625. The van der Waals surface area contributed by atoms with Gasteiger partial charge in [-0.15, -0.1) is 0 Å². The van der Waals surface area contributed by atoms with Crippen LogP contribution in [0.4, 0.5) is 11.4 Å². The SMILES string of the molecule is O=C1Nc2ccc(S(=O)(=O)O)cc2/C1=C1\C(=O)Oc2cc3c(cc21)OC(=O)/C3=C1/C(=O)Nc2ccc(S(=O)(=O)O)cc21. The Kier molecular flexibility index (Phi) is 5.03. The number of nitrogens with one attached hydrogen (secondary N) is 2. The molecule has 7 rings (SSSR count). The number of benzene rings is 3.